The molecule has 1 fully saturated rings. The van der Waals surface area contributed by atoms with Crippen molar-refractivity contribution in [1.82, 2.24) is 19.7 Å². The van der Waals surface area contributed by atoms with Gasteiger partial charge in [-0.05, 0) is 36.9 Å². The first-order valence-corrected chi connectivity index (χ1v) is 8.46. The molecular formula is C16H18N4OS. The standard InChI is InChI=1S/C16H18N4OS/c1-4-14(11-20-8-3-6-17-20)19(7-1)10-13-12-21-16(18-13)15-5-2-9-22-15/h2-3,5-6,8-9,12,14H,1,4,7,10-11H2/t14-/m0/s1. The van der Waals surface area contributed by atoms with E-state index in [9.17, 15) is 0 Å². The highest BCUT2D eigenvalue weighted by Gasteiger charge is 2.26. The van der Waals surface area contributed by atoms with Gasteiger partial charge in [-0.1, -0.05) is 6.07 Å². The van der Waals surface area contributed by atoms with Crippen molar-refractivity contribution >= 4 is 11.3 Å². The summed E-state index contributed by atoms with van der Waals surface area (Å²) < 4.78 is 7.63. The number of oxazole rings is 1. The summed E-state index contributed by atoms with van der Waals surface area (Å²) in [6.07, 6.45) is 8.11. The third-order valence-electron chi connectivity index (χ3n) is 4.10. The number of nitrogens with zero attached hydrogens (tertiary/aromatic N) is 4. The van der Waals surface area contributed by atoms with Gasteiger partial charge in [0.1, 0.15) is 6.26 Å². The van der Waals surface area contributed by atoms with Crippen LogP contribution < -0.4 is 0 Å². The number of thiophene rings is 1. The van der Waals surface area contributed by atoms with E-state index in [-0.39, 0.29) is 0 Å². The van der Waals surface area contributed by atoms with Crippen LogP contribution in [0, 0.1) is 0 Å². The van der Waals surface area contributed by atoms with Crippen LogP contribution in [0.5, 0.6) is 0 Å². The van der Waals surface area contributed by atoms with Gasteiger partial charge in [-0.15, -0.1) is 11.3 Å². The molecule has 0 radical (unpaired) electrons. The van der Waals surface area contributed by atoms with Crippen molar-refractivity contribution in [3.05, 3.63) is 47.9 Å². The lowest BCUT2D eigenvalue weighted by molar-refractivity contribution is 0.217. The predicted octanol–water partition coefficient (Wildman–Crippen LogP) is 3.26. The molecule has 1 saturated heterocycles. The Morgan fingerprint density at radius 2 is 2.36 bits per heavy atom. The minimum absolute atomic E-state index is 0.529. The van der Waals surface area contributed by atoms with E-state index in [1.807, 2.05) is 40.7 Å². The second-order valence-electron chi connectivity index (χ2n) is 5.62. The number of rotatable bonds is 5. The van der Waals surface area contributed by atoms with E-state index in [1.165, 1.54) is 12.8 Å². The summed E-state index contributed by atoms with van der Waals surface area (Å²) in [5.41, 5.74) is 1.01. The molecule has 0 spiro atoms. The zero-order chi connectivity index (χ0) is 14.8. The Morgan fingerprint density at radius 1 is 1.36 bits per heavy atom. The van der Waals surface area contributed by atoms with Gasteiger partial charge in [0, 0.05) is 25.0 Å². The Kier molecular flexibility index (Phi) is 3.78. The summed E-state index contributed by atoms with van der Waals surface area (Å²) in [7, 11) is 0. The first kappa shape index (κ1) is 13.7. The molecule has 3 aromatic heterocycles. The van der Waals surface area contributed by atoms with E-state index in [0.29, 0.717) is 6.04 Å². The third kappa shape index (κ3) is 2.84. The van der Waals surface area contributed by atoms with Crippen LogP contribution in [0.25, 0.3) is 10.8 Å². The van der Waals surface area contributed by atoms with Crippen LogP contribution in [-0.2, 0) is 13.1 Å². The predicted molar refractivity (Wildman–Crippen MR) is 85.5 cm³/mol. The van der Waals surface area contributed by atoms with E-state index in [2.05, 4.69) is 15.0 Å². The molecule has 4 heterocycles. The molecule has 3 aromatic rings. The number of aromatic nitrogens is 3. The molecule has 22 heavy (non-hydrogen) atoms. The van der Waals surface area contributed by atoms with Crippen LogP contribution >= 0.6 is 11.3 Å². The lowest BCUT2D eigenvalue weighted by Crippen LogP contribution is -2.32. The molecule has 5 nitrogen and oxygen atoms in total. The fourth-order valence-corrected chi connectivity index (χ4v) is 3.69. The van der Waals surface area contributed by atoms with Crippen LogP contribution in [0.4, 0.5) is 0 Å². The summed E-state index contributed by atoms with van der Waals surface area (Å²) in [5.74, 6) is 0.729. The zero-order valence-electron chi connectivity index (χ0n) is 12.3. The molecule has 0 aliphatic carbocycles. The fourth-order valence-electron chi connectivity index (χ4n) is 3.04. The smallest absolute Gasteiger partial charge is 0.236 e. The lowest BCUT2D eigenvalue weighted by atomic mass is 10.2. The maximum atomic E-state index is 5.62. The van der Waals surface area contributed by atoms with Gasteiger partial charge in [-0.2, -0.15) is 5.10 Å². The first-order chi connectivity index (χ1) is 10.9. The maximum Gasteiger partial charge on any atom is 0.236 e. The second-order valence-corrected chi connectivity index (χ2v) is 6.56. The average molecular weight is 314 g/mol. The lowest BCUT2D eigenvalue weighted by Gasteiger charge is -2.23. The molecule has 0 amide bonds. The Balaban J connectivity index is 1.44. The van der Waals surface area contributed by atoms with Crippen molar-refractivity contribution in [1.29, 1.82) is 0 Å². The van der Waals surface area contributed by atoms with Gasteiger partial charge in [-0.3, -0.25) is 9.58 Å². The van der Waals surface area contributed by atoms with Gasteiger partial charge in [0.25, 0.3) is 0 Å². The number of likely N-dealkylation sites (tertiary alicyclic amines) is 1. The minimum Gasteiger partial charge on any atom is -0.444 e. The van der Waals surface area contributed by atoms with Gasteiger partial charge < -0.3 is 4.42 Å². The Hall–Kier alpha value is -1.92. The van der Waals surface area contributed by atoms with E-state index in [4.69, 9.17) is 4.42 Å². The van der Waals surface area contributed by atoms with Gasteiger partial charge >= 0.3 is 0 Å². The maximum absolute atomic E-state index is 5.62. The Labute approximate surface area is 133 Å². The molecule has 0 aromatic carbocycles. The first-order valence-electron chi connectivity index (χ1n) is 7.58. The van der Waals surface area contributed by atoms with Crippen LogP contribution in [0.1, 0.15) is 18.5 Å². The molecule has 0 N–H and O–H groups in total. The average Bonchev–Trinajstić information content (AvgIpc) is 3.28. The van der Waals surface area contributed by atoms with Crippen LogP contribution in [-0.4, -0.2) is 32.3 Å². The molecule has 1 aliphatic heterocycles. The van der Waals surface area contributed by atoms with Gasteiger partial charge in [0.05, 0.1) is 17.1 Å². The minimum atomic E-state index is 0.529. The summed E-state index contributed by atoms with van der Waals surface area (Å²) >= 11 is 1.65. The number of hydrogen-bond acceptors (Lipinski definition) is 5. The molecule has 1 aliphatic rings. The monoisotopic (exact) mass is 314 g/mol. The van der Waals surface area contributed by atoms with Crippen molar-refractivity contribution in [3.8, 4) is 10.8 Å². The summed E-state index contributed by atoms with van der Waals surface area (Å²) in [5, 5.41) is 6.36. The fraction of sp³-hybridized carbons (Fsp3) is 0.375. The summed E-state index contributed by atoms with van der Waals surface area (Å²) in [6, 6.07) is 6.56. The Bertz CT molecular complexity index is 704. The van der Waals surface area contributed by atoms with E-state index >= 15 is 0 Å². The van der Waals surface area contributed by atoms with Crippen LogP contribution in [0.15, 0.2) is 46.7 Å². The molecule has 0 saturated carbocycles. The largest absolute Gasteiger partial charge is 0.444 e. The Morgan fingerprint density at radius 3 is 3.18 bits per heavy atom. The van der Waals surface area contributed by atoms with Gasteiger partial charge in [0.2, 0.25) is 5.89 Å². The highest BCUT2D eigenvalue weighted by molar-refractivity contribution is 7.13. The van der Waals surface area contributed by atoms with Crippen molar-refractivity contribution in [2.45, 2.75) is 32.0 Å². The normalized spacial score (nSPS) is 19.0. The molecule has 6 heteroatoms. The van der Waals surface area contributed by atoms with Gasteiger partial charge in [-0.25, -0.2) is 4.98 Å². The highest BCUT2D eigenvalue weighted by atomic mass is 32.1. The molecule has 1 atom stereocenters. The number of hydrogen-bond donors (Lipinski definition) is 0. The van der Waals surface area contributed by atoms with Crippen molar-refractivity contribution in [2.24, 2.45) is 0 Å². The van der Waals surface area contributed by atoms with Crippen molar-refractivity contribution in [2.75, 3.05) is 6.54 Å². The molecule has 0 bridgehead atoms. The summed E-state index contributed by atoms with van der Waals surface area (Å²) in [4.78, 5) is 8.20. The molecule has 4 rings (SSSR count). The quantitative estimate of drug-likeness (QED) is 0.725. The zero-order valence-corrected chi connectivity index (χ0v) is 13.1. The van der Waals surface area contributed by atoms with Gasteiger partial charge in [0.15, 0.2) is 0 Å². The SMILES string of the molecule is c1csc(-c2nc(CN3CCC[C@H]3Cn3cccn3)co2)c1. The molecular weight excluding hydrogens is 296 g/mol. The van der Waals surface area contributed by atoms with E-state index < -0.39 is 0 Å². The summed E-state index contributed by atoms with van der Waals surface area (Å²) in [6.45, 7) is 2.91. The van der Waals surface area contributed by atoms with Crippen molar-refractivity contribution < 1.29 is 4.42 Å². The van der Waals surface area contributed by atoms with Crippen molar-refractivity contribution in [3.63, 3.8) is 0 Å². The van der Waals surface area contributed by atoms with E-state index in [0.717, 1.165) is 36.1 Å². The highest BCUT2D eigenvalue weighted by Crippen LogP contribution is 2.26. The van der Waals surface area contributed by atoms with Crippen LogP contribution in [0.3, 0.4) is 0 Å². The van der Waals surface area contributed by atoms with E-state index in [1.54, 1.807) is 17.6 Å². The third-order valence-corrected chi connectivity index (χ3v) is 4.96. The topological polar surface area (TPSA) is 47.1 Å². The molecule has 0 unspecified atom stereocenters. The second kappa shape index (κ2) is 6.06. The molecule has 114 valence electrons. The van der Waals surface area contributed by atoms with Crippen LogP contribution in [0.2, 0.25) is 0 Å².